The van der Waals surface area contributed by atoms with Gasteiger partial charge in [0.25, 0.3) is 0 Å². The van der Waals surface area contributed by atoms with Gasteiger partial charge in [-0.25, -0.2) is 0 Å². The lowest BCUT2D eigenvalue weighted by atomic mass is 9.99. The lowest BCUT2D eigenvalue weighted by Crippen LogP contribution is -2.39. The Morgan fingerprint density at radius 1 is 1.26 bits per heavy atom. The van der Waals surface area contributed by atoms with E-state index in [-0.39, 0.29) is 6.10 Å². The Labute approximate surface area is 141 Å². The molecule has 1 saturated heterocycles. The molecule has 0 radical (unpaired) electrons. The number of aliphatic hydroxyl groups is 1. The zero-order chi connectivity index (χ0) is 16.1. The summed E-state index contributed by atoms with van der Waals surface area (Å²) < 4.78 is 1.96. The van der Waals surface area contributed by atoms with Gasteiger partial charge < -0.3 is 10.0 Å². The van der Waals surface area contributed by atoms with Crippen LogP contribution in [0, 0.1) is 5.92 Å². The zero-order valence-corrected chi connectivity index (χ0v) is 14.3. The number of β-amino-alcohol motifs (C(OH)–C–C–N with tert-alkyl or cyclic N) is 1. The number of benzene rings is 1. The maximum absolute atomic E-state index is 10.3. The first kappa shape index (κ1) is 16.5. The molecule has 2 heterocycles. The lowest BCUT2D eigenvalue weighted by molar-refractivity contribution is 0.105. The minimum absolute atomic E-state index is 0.339. The molecule has 1 unspecified atom stereocenters. The number of thioether (sulfide) groups is 1. The van der Waals surface area contributed by atoms with Gasteiger partial charge in [0.1, 0.15) is 6.33 Å². The van der Waals surface area contributed by atoms with Crippen LogP contribution in [0.15, 0.2) is 41.8 Å². The summed E-state index contributed by atoms with van der Waals surface area (Å²) in [4.78, 5) is 2.37. The predicted octanol–water partition coefficient (Wildman–Crippen LogP) is 2.45. The Kier molecular flexibility index (Phi) is 5.70. The van der Waals surface area contributed by atoms with Gasteiger partial charge in [-0.05, 0) is 44.0 Å². The van der Waals surface area contributed by atoms with Crippen LogP contribution < -0.4 is 0 Å². The smallest absolute Gasteiger partial charge is 0.195 e. The van der Waals surface area contributed by atoms with E-state index in [1.54, 1.807) is 18.1 Å². The standard InChI is InChI=1S/C17H24N4OS/c1-14-7-9-20(10-8-14)11-16(22)12-23-17-19-18-13-21(17)15-5-3-2-4-6-15/h2-6,13-14,16,22H,7-12H2,1H3. The van der Waals surface area contributed by atoms with E-state index < -0.39 is 0 Å². The summed E-state index contributed by atoms with van der Waals surface area (Å²) in [5.41, 5.74) is 1.04. The number of nitrogens with zero attached hydrogens (tertiary/aromatic N) is 4. The van der Waals surface area contributed by atoms with E-state index in [9.17, 15) is 5.11 Å². The second kappa shape index (κ2) is 7.95. The first-order chi connectivity index (χ1) is 11.2. The number of rotatable bonds is 6. The molecule has 23 heavy (non-hydrogen) atoms. The molecule has 1 aliphatic rings. The van der Waals surface area contributed by atoms with Gasteiger partial charge in [0.15, 0.2) is 5.16 Å². The molecule has 1 atom stereocenters. The highest BCUT2D eigenvalue weighted by Gasteiger charge is 2.19. The van der Waals surface area contributed by atoms with Crippen molar-refractivity contribution in [2.45, 2.75) is 31.0 Å². The summed E-state index contributed by atoms with van der Waals surface area (Å²) >= 11 is 1.56. The number of aliphatic hydroxyl groups excluding tert-OH is 1. The highest BCUT2D eigenvalue weighted by molar-refractivity contribution is 7.99. The summed E-state index contributed by atoms with van der Waals surface area (Å²) in [7, 11) is 0. The number of piperidine rings is 1. The molecule has 3 rings (SSSR count). The maximum Gasteiger partial charge on any atom is 0.195 e. The Morgan fingerprint density at radius 3 is 2.74 bits per heavy atom. The maximum atomic E-state index is 10.3. The van der Waals surface area contributed by atoms with Gasteiger partial charge in [0, 0.05) is 18.0 Å². The Hall–Kier alpha value is -1.37. The van der Waals surface area contributed by atoms with Crippen LogP contribution in [-0.2, 0) is 0 Å². The average Bonchev–Trinajstić information content (AvgIpc) is 3.04. The van der Waals surface area contributed by atoms with Crippen LogP contribution in [0.1, 0.15) is 19.8 Å². The molecule has 1 aromatic carbocycles. The molecule has 2 aromatic rings. The number of likely N-dealkylation sites (tertiary alicyclic amines) is 1. The summed E-state index contributed by atoms with van der Waals surface area (Å²) in [6.07, 6.45) is 3.86. The van der Waals surface area contributed by atoms with Gasteiger partial charge in [0.05, 0.1) is 6.10 Å². The van der Waals surface area contributed by atoms with Gasteiger partial charge in [-0.2, -0.15) is 0 Å². The molecule has 124 valence electrons. The van der Waals surface area contributed by atoms with E-state index in [0.29, 0.717) is 5.75 Å². The minimum atomic E-state index is -0.339. The lowest BCUT2D eigenvalue weighted by Gasteiger charge is -2.31. The SMILES string of the molecule is CC1CCN(CC(O)CSc2nncn2-c2ccccc2)CC1. The monoisotopic (exact) mass is 332 g/mol. The van der Waals surface area contributed by atoms with Crippen LogP contribution in [0.25, 0.3) is 5.69 Å². The van der Waals surface area contributed by atoms with Gasteiger partial charge in [-0.1, -0.05) is 36.9 Å². The molecule has 1 aliphatic heterocycles. The van der Waals surface area contributed by atoms with Crippen molar-refractivity contribution in [2.24, 2.45) is 5.92 Å². The third kappa shape index (κ3) is 4.56. The van der Waals surface area contributed by atoms with Crippen molar-refractivity contribution in [3.63, 3.8) is 0 Å². The molecule has 0 aliphatic carbocycles. The van der Waals surface area contributed by atoms with Gasteiger partial charge >= 0.3 is 0 Å². The van der Waals surface area contributed by atoms with Crippen LogP contribution in [0.4, 0.5) is 0 Å². The van der Waals surface area contributed by atoms with E-state index in [1.165, 1.54) is 12.8 Å². The summed E-state index contributed by atoms with van der Waals surface area (Å²) in [6, 6.07) is 10.0. The molecule has 0 amide bonds. The number of hydrogen-bond donors (Lipinski definition) is 1. The topological polar surface area (TPSA) is 54.2 Å². The molecule has 0 spiro atoms. The molecule has 0 bridgehead atoms. The Balaban J connectivity index is 1.52. The second-order valence-corrected chi connectivity index (χ2v) is 7.25. The second-order valence-electron chi connectivity index (χ2n) is 6.27. The molecule has 1 N–H and O–H groups in total. The minimum Gasteiger partial charge on any atom is -0.391 e. The summed E-state index contributed by atoms with van der Waals surface area (Å²) in [5.74, 6) is 1.46. The van der Waals surface area contributed by atoms with Crippen molar-refractivity contribution in [2.75, 3.05) is 25.4 Å². The first-order valence-electron chi connectivity index (χ1n) is 8.21. The van der Waals surface area contributed by atoms with Crippen LogP contribution in [0.3, 0.4) is 0 Å². The fourth-order valence-corrected chi connectivity index (χ4v) is 3.70. The predicted molar refractivity (Wildman–Crippen MR) is 92.9 cm³/mol. The Morgan fingerprint density at radius 2 is 2.00 bits per heavy atom. The average molecular weight is 332 g/mol. The Bertz CT molecular complexity index is 596. The van der Waals surface area contributed by atoms with Crippen LogP contribution >= 0.6 is 11.8 Å². The molecule has 0 saturated carbocycles. The van der Waals surface area contributed by atoms with Crippen molar-refractivity contribution in [3.05, 3.63) is 36.7 Å². The number of para-hydroxylation sites is 1. The normalized spacial score (nSPS) is 18.2. The first-order valence-corrected chi connectivity index (χ1v) is 9.19. The van der Waals surface area contributed by atoms with Gasteiger partial charge in [-0.15, -0.1) is 10.2 Å². The van der Waals surface area contributed by atoms with Crippen LogP contribution in [-0.4, -0.2) is 56.3 Å². The molecule has 1 fully saturated rings. The van der Waals surface area contributed by atoms with Crippen molar-refractivity contribution < 1.29 is 5.11 Å². The third-order valence-electron chi connectivity index (χ3n) is 4.30. The van der Waals surface area contributed by atoms with E-state index in [4.69, 9.17) is 0 Å². The number of aromatic nitrogens is 3. The molecule has 1 aromatic heterocycles. The summed E-state index contributed by atoms with van der Waals surface area (Å²) in [5, 5.41) is 19.3. The quantitative estimate of drug-likeness (QED) is 0.824. The van der Waals surface area contributed by atoms with Crippen molar-refractivity contribution in [1.29, 1.82) is 0 Å². The molecule has 6 heteroatoms. The zero-order valence-electron chi connectivity index (χ0n) is 13.5. The van der Waals surface area contributed by atoms with Crippen LogP contribution in [0.5, 0.6) is 0 Å². The summed E-state index contributed by atoms with van der Waals surface area (Å²) in [6.45, 7) is 5.26. The van der Waals surface area contributed by atoms with E-state index in [2.05, 4.69) is 22.0 Å². The van der Waals surface area contributed by atoms with Crippen LogP contribution in [0.2, 0.25) is 0 Å². The van der Waals surface area contributed by atoms with Crippen molar-refractivity contribution >= 4 is 11.8 Å². The highest BCUT2D eigenvalue weighted by Crippen LogP contribution is 2.21. The largest absolute Gasteiger partial charge is 0.391 e. The fraction of sp³-hybridized carbons (Fsp3) is 0.529. The molecular weight excluding hydrogens is 308 g/mol. The van der Waals surface area contributed by atoms with Crippen molar-refractivity contribution in [1.82, 2.24) is 19.7 Å². The van der Waals surface area contributed by atoms with Crippen molar-refractivity contribution in [3.8, 4) is 5.69 Å². The fourth-order valence-electron chi connectivity index (χ4n) is 2.85. The van der Waals surface area contributed by atoms with Gasteiger partial charge in [0.2, 0.25) is 0 Å². The molecular formula is C17H24N4OS. The van der Waals surface area contributed by atoms with Gasteiger partial charge in [-0.3, -0.25) is 4.57 Å². The van der Waals surface area contributed by atoms with E-state index >= 15 is 0 Å². The highest BCUT2D eigenvalue weighted by atomic mass is 32.2. The number of hydrogen-bond acceptors (Lipinski definition) is 5. The van der Waals surface area contributed by atoms with E-state index in [1.807, 2.05) is 34.9 Å². The van der Waals surface area contributed by atoms with E-state index in [0.717, 1.165) is 36.4 Å². The third-order valence-corrected chi connectivity index (χ3v) is 5.39. The molecule has 5 nitrogen and oxygen atoms in total.